The summed E-state index contributed by atoms with van der Waals surface area (Å²) < 4.78 is 5.12. The fourth-order valence-corrected chi connectivity index (χ4v) is 1.33. The van der Waals surface area contributed by atoms with Gasteiger partial charge in [-0.05, 0) is 12.1 Å². The van der Waals surface area contributed by atoms with E-state index in [0.717, 1.165) is 5.39 Å². The summed E-state index contributed by atoms with van der Waals surface area (Å²) in [7, 11) is 0. The molecular formula is C11H9NO3. The highest BCUT2D eigenvalue weighted by atomic mass is 16.5. The first-order valence-electron chi connectivity index (χ1n) is 4.46. The van der Waals surface area contributed by atoms with Crippen LogP contribution in [0.1, 0.15) is 0 Å². The Hall–Kier alpha value is -2.10. The molecule has 0 fully saturated rings. The summed E-state index contributed by atoms with van der Waals surface area (Å²) in [6, 6.07) is 9.13. The zero-order chi connectivity index (χ0) is 10.7. The molecule has 4 nitrogen and oxygen atoms in total. The van der Waals surface area contributed by atoms with Crippen LogP contribution in [0.15, 0.2) is 36.5 Å². The summed E-state index contributed by atoms with van der Waals surface area (Å²) in [5.41, 5.74) is 0.682. The van der Waals surface area contributed by atoms with Crippen molar-refractivity contribution in [2.45, 2.75) is 0 Å². The largest absolute Gasteiger partial charge is 0.480 e. The predicted octanol–water partition coefficient (Wildman–Crippen LogP) is 1.70. The second-order valence-corrected chi connectivity index (χ2v) is 3.01. The van der Waals surface area contributed by atoms with E-state index in [9.17, 15) is 4.79 Å². The van der Waals surface area contributed by atoms with E-state index in [1.54, 1.807) is 18.3 Å². The van der Waals surface area contributed by atoms with Gasteiger partial charge in [-0.25, -0.2) is 4.79 Å². The van der Waals surface area contributed by atoms with E-state index in [1.165, 1.54) is 0 Å². The third kappa shape index (κ3) is 2.04. The Morgan fingerprint density at radius 3 is 2.93 bits per heavy atom. The van der Waals surface area contributed by atoms with Crippen LogP contribution < -0.4 is 4.74 Å². The van der Waals surface area contributed by atoms with Crippen molar-refractivity contribution in [1.29, 1.82) is 0 Å². The second-order valence-electron chi connectivity index (χ2n) is 3.01. The molecule has 1 aromatic carbocycles. The zero-order valence-corrected chi connectivity index (χ0v) is 7.88. The Kier molecular flexibility index (Phi) is 2.49. The first-order chi connectivity index (χ1) is 7.27. The van der Waals surface area contributed by atoms with Crippen LogP contribution in [-0.4, -0.2) is 22.7 Å². The predicted molar refractivity (Wildman–Crippen MR) is 54.9 cm³/mol. The molecule has 0 amide bonds. The number of hydrogen-bond donors (Lipinski definition) is 1. The normalized spacial score (nSPS) is 10.1. The Balaban J connectivity index is 2.38. The molecule has 0 saturated carbocycles. The average molecular weight is 203 g/mol. The number of aromatic nitrogens is 1. The van der Waals surface area contributed by atoms with Crippen molar-refractivity contribution < 1.29 is 14.6 Å². The van der Waals surface area contributed by atoms with E-state index in [-0.39, 0.29) is 6.61 Å². The summed E-state index contributed by atoms with van der Waals surface area (Å²) in [6.07, 6.45) is 1.65. The van der Waals surface area contributed by atoms with E-state index < -0.39 is 5.97 Å². The fraction of sp³-hybridized carbons (Fsp3) is 0.0909. The number of rotatable bonds is 3. The maximum atomic E-state index is 10.4. The Labute approximate surface area is 86.1 Å². The maximum absolute atomic E-state index is 10.4. The first-order valence-corrected chi connectivity index (χ1v) is 4.46. The summed E-state index contributed by atoms with van der Waals surface area (Å²) in [4.78, 5) is 14.5. The Morgan fingerprint density at radius 1 is 1.33 bits per heavy atom. The molecule has 1 N–H and O–H groups in total. The van der Waals surface area contributed by atoms with Crippen molar-refractivity contribution in [3.05, 3.63) is 36.5 Å². The number of fused-ring (bicyclic) bond motifs is 1. The van der Waals surface area contributed by atoms with Gasteiger partial charge in [0.05, 0.1) is 0 Å². The average Bonchev–Trinajstić information content (AvgIpc) is 2.26. The summed E-state index contributed by atoms with van der Waals surface area (Å²) in [6.45, 7) is -0.352. The van der Waals surface area contributed by atoms with Crippen LogP contribution in [0.4, 0.5) is 0 Å². The van der Waals surface area contributed by atoms with Crippen molar-refractivity contribution in [1.82, 2.24) is 4.98 Å². The number of nitrogens with zero attached hydrogens (tertiary/aromatic N) is 1. The van der Waals surface area contributed by atoms with Crippen molar-refractivity contribution >= 4 is 16.9 Å². The van der Waals surface area contributed by atoms with Gasteiger partial charge in [-0.3, -0.25) is 4.98 Å². The molecule has 0 aliphatic rings. The first kappa shape index (κ1) is 9.45. The van der Waals surface area contributed by atoms with Crippen LogP contribution in [0.3, 0.4) is 0 Å². The molecule has 4 heteroatoms. The SMILES string of the molecule is O=C(O)COc1cccc2cccnc12. The van der Waals surface area contributed by atoms with Crippen LogP contribution >= 0.6 is 0 Å². The molecule has 0 unspecified atom stereocenters. The van der Waals surface area contributed by atoms with Gasteiger partial charge in [0.15, 0.2) is 6.61 Å². The molecule has 1 aromatic heterocycles. The molecule has 0 aliphatic heterocycles. The number of carboxylic acid groups (broad SMARTS) is 1. The highest BCUT2D eigenvalue weighted by Gasteiger charge is 2.04. The van der Waals surface area contributed by atoms with E-state index in [4.69, 9.17) is 9.84 Å². The van der Waals surface area contributed by atoms with E-state index in [2.05, 4.69) is 4.98 Å². The standard InChI is InChI=1S/C11H9NO3/c13-10(14)7-15-9-5-1-3-8-4-2-6-12-11(8)9/h1-6H,7H2,(H,13,14). The molecule has 2 rings (SSSR count). The number of para-hydroxylation sites is 1. The molecule has 0 aliphatic carbocycles. The Morgan fingerprint density at radius 2 is 2.13 bits per heavy atom. The van der Waals surface area contributed by atoms with Crippen LogP contribution in [0.2, 0.25) is 0 Å². The van der Waals surface area contributed by atoms with E-state index in [1.807, 2.05) is 18.2 Å². The van der Waals surface area contributed by atoms with Crippen molar-refractivity contribution in [2.24, 2.45) is 0 Å². The van der Waals surface area contributed by atoms with Gasteiger partial charge in [0, 0.05) is 11.6 Å². The molecule has 2 aromatic rings. The fourth-order valence-electron chi connectivity index (χ4n) is 1.33. The summed E-state index contributed by atoms with van der Waals surface area (Å²) in [5, 5.41) is 9.43. The highest BCUT2D eigenvalue weighted by molar-refractivity contribution is 5.84. The third-order valence-corrected chi connectivity index (χ3v) is 1.95. The van der Waals surface area contributed by atoms with Gasteiger partial charge in [0.1, 0.15) is 11.3 Å². The number of carboxylic acids is 1. The van der Waals surface area contributed by atoms with Gasteiger partial charge in [-0.2, -0.15) is 0 Å². The number of carbonyl (C=O) groups is 1. The summed E-state index contributed by atoms with van der Waals surface area (Å²) >= 11 is 0. The number of hydrogen-bond acceptors (Lipinski definition) is 3. The monoisotopic (exact) mass is 203 g/mol. The van der Waals surface area contributed by atoms with Gasteiger partial charge in [0.2, 0.25) is 0 Å². The van der Waals surface area contributed by atoms with Gasteiger partial charge in [-0.15, -0.1) is 0 Å². The van der Waals surface area contributed by atoms with Gasteiger partial charge in [0.25, 0.3) is 0 Å². The number of pyridine rings is 1. The minimum absolute atomic E-state index is 0.352. The van der Waals surface area contributed by atoms with Crippen LogP contribution in [0.5, 0.6) is 5.75 Å². The lowest BCUT2D eigenvalue weighted by Gasteiger charge is -2.05. The molecule has 0 spiro atoms. The maximum Gasteiger partial charge on any atom is 0.341 e. The van der Waals surface area contributed by atoms with Crippen LogP contribution in [0.25, 0.3) is 10.9 Å². The van der Waals surface area contributed by atoms with Crippen LogP contribution in [-0.2, 0) is 4.79 Å². The number of aliphatic carboxylic acids is 1. The van der Waals surface area contributed by atoms with Crippen molar-refractivity contribution in [3.63, 3.8) is 0 Å². The lowest BCUT2D eigenvalue weighted by Crippen LogP contribution is -2.09. The number of benzene rings is 1. The molecule has 0 saturated heterocycles. The quantitative estimate of drug-likeness (QED) is 0.824. The minimum atomic E-state index is -0.997. The molecule has 1 heterocycles. The van der Waals surface area contributed by atoms with Gasteiger partial charge >= 0.3 is 5.97 Å². The summed E-state index contributed by atoms with van der Waals surface area (Å²) in [5.74, 6) is -0.501. The minimum Gasteiger partial charge on any atom is -0.480 e. The van der Waals surface area contributed by atoms with Crippen LogP contribution in [0, 0.1) is 0 Å². The van der Waals surface area contributed by atoms with E-state index >= 15 is 0 Å². The Bertz CT molecular complexity index is 491. The molecule has 15 heavy (non-hydrogen) atoms. The second kappa shape index (κ2) is 3.96. The molecule has 0 radical (unpaired) electrons. The van der Waals surface area contributed by atoms with Gasteiger partial charge < -0.3 is 9.84 Å². The topological polar surface area (TPSA) is 59.4 Å². The van der Waals surface area contributed by atoms with Crippen molar-refractivity contribution in [3.8, 4) is 5.75 Å². The zero-order valence-electron chi connectivity index (χ0n) is 7.88. The lowest BCUT2D eigenvalue weighted by molar-refractivity contribution is -0.139. The molecule has 76 valence electrons. The lowest BCUT2D eigenvalue weighted by atomic mass is 10.2. The number of ether oxygens (including phenoxy) is 1. The molecule has 0 atom stereocenters. The third-order valence-electron chi connectivity index (χ3n) is 1.95. The van der Waals surface area contributed by atoms with Crippen molar-refractivity contribution in [2.75, 3.05) is 6.61 Å². The molecule has 0 bridgehead atoms. The smallest absolute Gasteiger partial charge is 0.341 e. The van der Waals surface area contributed by atoms with Gasteiger partial charge in [-0.1, -0.05) is 18.2 Å². The molecular weight excluding hydrogens is 194 g/mol. The van der Waals surface area contributed by atoms with E-state index in [0.29, 0.717) is 11.3 Å². The highest BCUT2D eigenvalue weighted by Crippen LogP contribution is 2.22.